The van der Waals surface area contributed by atoms with Crippen LogP contribution in [0.25, 0.3) is 0 Å². The second kappa shape index (κ2) is 8.30. The lowest BCUT2D eigenvalue weighted by Gasteiger charge is -2.37. The van der Waals surface area contributed by atoms with Gasteiger partial charge in [0.25, 0.3) is 5.91 Å². The number of rotatable bonds is 4. The van der Waals surface area contributed by atoms with Gasteiger partial charge in [0.1, 0.15) is 23.4 Å². The molecule has 4 heterocycles. The molecule has 2 aliphatic rings. The zero-order valence-electron chi connectivity index (χ0n) is 18.3. The first-order valence-electron chi connectivity index (χ1n) is 11.1. The van der Waals surface area contributed by atoms with Crippen LogP contribution in [0.5, 0.6) is 5.75 Å². The van der Waals surface area contributed by atoms with Gasteiger partial charge in [0.15, 0.2) is 11.5 Å². The highest BCUT2D eigenvalue weighted by Crippen LogP contribution is 2.34. The molecule has 7 nitrogen and oxygen atoms in total. The molecule has 7 heteroatoms. The standard InChI is InChI=1S/C25H26N2O5/c1-15-20(16(2)32-26-15)13-18-7-8-23(30-18)25(29)27-11-9-17(10-12-27)24-14-21(28)19-5-3-4-6-22(19)31-24/h3-8,17,24H,9-14H2,1-2H3/t24-/m1/s1. The molecule has 0 aliphatic carbocycles. The number of hydrogen-bond acceptors (Lipinski definition) is 6. The third kappa shape index (κ3) is 3.83. The van der Waals surface area contributed by atoms with E-state index in [0.717, 1.165) is 29.9 Å². The Bertz CT molecular complexity index is 1130. The lowest BCUT2D eigenvalue weighted by molar-refractivity contribution is 0.0436. The number of likely N-dealkylation sites (tertiary alicyclic amines) is 1. The molecule has 1 saturated heterocycles. The minimum atomic E-state index is -0.125. The fraction of sp³-hybridized carbons (Fsp3) is 0.400. The Labute approximate surface area is 186 Å². The number of aryl methyl sites for hydroxylation is 2. The fourth-order valence-corrected chi connectivity index (χ4v) is 4.71. The molecule has 1 aromatic carbocycles. The third-order valence-electron chi connectivity index (χ3n) is 6.61. The van der Waals surface area contributed by atoms with Gasteiger partial charge in [-0.1, -0.05) is 17.3 Å². The number of nitrogens with zero attached hydrogens (tertiary/aromatic N) is 2. The van der Waals surface area contributed by atoms with Crippen molar-refractivity contribution in [2.75, 3.05) is 13.1 Å². The van der Waals surface area contributed by atoms with E-state index in [2.05, 4.69) is 5.16 Å². The Hall–Kier alpha value is -3.35. The molecule has 0 radical (unpaired) electrons. The Balaban J connectivity index is 1.19. The van der Waals surface area contributed by atoms with Crippen molar-refractivity contribution in [3.05, 3.63) is 70.5 Å². The molecule has 5 rings (SSSR count). The zero-order chi connectivity index (χ0) is 22.2. The number of furan rings is 1. The number of fused-ring (bicyclic) bond motifs is 1. The van der Waals surface area contributed by atoms with Crippen molar-refractivity contribution >= 4 is 11.7 Å². The third-order valence-corrected chi connectivity index (χ3v) is 6.61. The molecule has 0 unspecified atom stereocenters. The van der Waals surface area contributed by atoms with E-state index in [1.807, 2.05) is 49.1 Å². The Morgan fingerprint density at radius 1 is 1.12 bits per heavy atom. The van der Waals surface area contributed by atoms with Gasteiger partial charge in [0.05, 0.1) is 11.3 Å². The van der Waals surface area contributed by atoms with Gasteiger partial charge in [-0.25, -0.2) is 0 Å². The van der Waals surface area contributed by atoms with Crippen LogP contribution in [0.3, 0.4) is 0 Å². The number of aromatic nitrogens is 1. The lowest BCUT2D eigenvalue weighted by atomic mass is 9.86. The maximum absolute atomic E-state index is 13.0. The molecule has 0 spiro atoms. The van der Waals surface area contributed by atoms with Crippen molar-refractivity contribution in [1.82, 2.24) is 10.1 Å². The number of benzene rings is 1. The van der Waals surface area contributed by atoms with Crippen LogP contribution in [0.15, 0.2) is 45.3 Å². The maximum Gasteiger partial charge on any atom is 0.289 e. The molecular formula is C25H26N2O5. The molecule has 2 aliphatic heterocycles. The number of Topliss-reactive ketones (excluding diaryl/α,β-unsaturated/α-hetero) is 1. The number of ether oxygens (including phenoxy) is 1. The molecule has 2 aromatic heterocycles. The van der Waals surface area contributed by atoms with Gasteiger partial charge in [-0.2, -0.15) is 0 Å². The zero-order valence-corrected chi connectivity index (χ0v) is 18.3. The van der Waals surface area contributed by atoms with Crippen molar-refractivity contribution in [2.24, 2.45) is 5.92 Å². The van der Waals surface area contributed by atoms with E-state index in [-0.39, 0.29) is 23.7 Å². The van der Waals surface area contributed by atoms with Gasteiger partial charge in [0.2, 0.25) is 0 Å². The minimum Gasteiger partial charge on any atom is -0.489 e. The van der Waals surface area contributed by atoms with E-state index in [4.69, 9.17) is 13.7 Å². The molecule has 1 fully saturated rings. The molecule has 1 atom stereocenters. The molecule has 32 heavy (non-hydrogen) atoms. The summed E-state index contributed by atoms with van der Waals surface area (Å²) in [6.45, 7) is 5.02. The van der Waals surface area contributed by atoms with Gasteiger partial charge in [-0.15, -0.1) is 0 Å². The van der Waals surface area contributed by atoms with Crippen LogP contribution >= 0.6 is 0 Å². The molecule has 0 N–H and O–H groups in total. The maximum atomic E-state index is 13.0. The van der Waals surface area contributed by atoms with Crippen molar-refractivity contribution in [2.45, 2.75) is 45.6 Å². The van der Waals surface area contributed by atoms with E-state index in [0.29, 0.717) is 48.8 Å². The summed E-state index contributed by atoms with van der Waals surface area (Å²) in [5, 5.41) is 3.97. The van der Waals surface area contributed by atoms with Gasteiger partial charge in [0, 0.05) is 31.5 Å². The number of amides is 1. The Morgan fingerprint density at radius 2 is 1.91 bits per heavy atom. The fourth-order valence-electron chi connectivity index (χ4n) is 4.71. The predicted molar refractivity (Wildman–Crippen MR) is 116 cm³/mol. The number of ketones is 1. The highest BCUT2D eigenvalue weighted by Gasteiger charge is 2.35. The van der Waals surface area contributed by atoms with Crippen molar-refractivity contribution in [3.63, 3.8) is 0 Å². The summed E-state index contributed by atoms with van der Waals surface area (Å²) >= 11 is 0. The quantitative estimate of drug-likeness (QED) is 0.606. The number of para-hydroxylation sites is 1. The van der Waals surface area contributed by atoms with E-state index in [1.165, 1.54) is 0 Å². The van der Waals surface area contributed by atoms with Crippen LogP contribution in [-0.2, 0) is 6.42 Å². The SMILES string of the molecule is Cc1noc(C)c1Cc1ccc(C(=O)N2CCC([C@H]3CC(=O)c4ccccc4O3)CC2)o1. The highest BCUT2D eigenvalue weighted by atomic mass is 16.5. The van der Waals surface area contributed by atoms with E-state index >= 15 is 0 Å². The van der Waals surface area contributed by atoms with Crippen molar-refractivity contribution < 1.29 is 23.3 Å². The summed E-state index contributed by atoms with van der Waals surface area (Å²) in [4.78, 5) is 27.3. The monoisotopic (exact) mass is 434 g/mol. The molecular weight excluding hydrogens is 408 g/mol. The summed E-state index contributed by atoms with van der Waals surface area (Å²) in [5.74, 6) is 2.79. The predicted octanol–water partition coefficient (Wildman–Crippen LogP) is 4.36. The van der Waals surface area contributed by atoms with E-state index < -0.39 is 0 Å². The number of hydrogen-bond donors (Lipinski definition) is 0. The Kier molecular flexibility index (Phi) is 5.33. The largest absolute Gasteiger partial charge is 0.489 e. The molecule has 0 bridgehead atoms. The second-order valence-electron chi connectivity index (χ2n) is 8.65. The normalized spacial score (nSPS) is 19.0. The van der Waals surface area contributed by atoms with Gasteiger partial charge in [-0.3, -0.25) is 9.59 Å². The van der Waals surface area contributed by atoms with E-state index in [9.17, 15) is 9.59 Å². The number of carbonyl (C=O) groups excluding carboxylic acids is 2. The summed E-state index contributed by atoms with van der Waals surface area (Å²) < 4.78 is 17.2. The van der Waals surface area contributed by atoms with Gasteiger partial charge in [-0.05, 0) is 56.9 Å². The first-order chi connectivity index (χ1) is 15.5. The molecule has 0 saturated carbocycles. The molecule has 1 amide bonds. The minimum absolute atomic E-state index is 0.0977. The van der Waals surface area contributed by atoms with Crippen LogP contribution < -0.4 is 4.74 Å². The Morgan fingerprint density at radius 3 is 2.66 bits per heavy atom. The summed E-state index contributed by atoms with van der Waals surface area (Å²) in [5.41, 5.74) is 2.49. The van der Waals surface area contributed by atoms with Gasteiger partial charge < -0.3 is 18.6 Å². The van der Waals surface area contributed by atoms with Crippen LogP contribution in [0.2, 0.25) is 0 Å². The second-order valence-corrected chi connectivity index (χ2v) is 8.65. The van der Waals surface area contributed by atoms with Crippen molar-refractivity contribution in [3.8, 4) is 5.75 Å². The van der Waals surface area contributed by atoms with Gasteiger partial charge >= 0.3 is 0 Å². The van der Waals surface area contributed by atoms with Crippen LogP contribution in [0.4, 0.5) is 0 Å². The first-order valence-corrected chi connectivity index (χ1v) is 11.1. The van der Waals surface area contributed by atoms with Crippen LogP contribution in [0, 0.1) is 19.8 Å². The number of carbonyl (C=O) groups is 2. The van der Waals surface area contributed by atoms with Crippen molar-refractivity contribution in [1.29, 1.82) is 0 Å². The number of piperidine rings is 1. The van der Waals surface area contributed by atoms with E-state index in [1.54, 1.807) is 6.07 Å². The molecule has 3 aromatic rings. The van der Waals surface area contributed by atoms with Crippen LogP contribution in [0.1, 0.15) is 63.0 Å². The smallest absolute Gasteiger partial charge is 0.289 e. The first kappa shape index (κ1) is 20.5. The average Bonchev–Trinajstić information content (AvgIpc) is 3.41. The molecule has 166 valence electrons. The topological polar surface area (TPSA) is 85.8 Å². The highest BCUT2D eigenvalue weighted by molar-refractivity contribution is 5.99. The van der Waals surface area contributed by atoms with Crippen LogP contribution in [-0.4, -0.2) is 40.9 Å². The summed E-state index contributed by atoms with van der Waals surface area (Å²) in [6.07, 6.45) is 2.43. The average molecular weight is 434 g/mol. The summed E-state index contributed by atoms with van der Waals surface area (Å²) in [6, 6.07) is 11.0. The lowest BCUT2D eigenvalue weighted by Crippen LogP contribution is -2.44. The summed E-state index contributed by atoms with van der Waals surface area (Å²) in [7, 11) is 0.